The summed E-state index contributed by atoms with van der Waals surface area (Å²) in [7, 11) is 1.30. The number of anilines is 2. The van der Waals surface area contributed by atoms with Crippen LogP contribution in [0.5, 0.6) is 11.5 Å². The zero-order valence-electron chi connectivity index (χ0n) is 18.4. The molecule has 172 valence electrons. The van der Waals surface area contributed by atoms with E-state index in [1.165, 1.54) is 37.7 Å². The van der Waals surface area contributed by atoms with E-state index in [4.69, 9.17) is 9.47 Å². The number of hydrogen-bond acceptors (Lipinski definition) is 5. The molecular weight excluding hydrogens is 439 g/mol. The zero-order valence-corrected chi connectivity index (χ0v) is 18.4. The van der Waals surface area contributed by atoms with Gasteiger partial charge in [0.05, 0.1) is 24.1 Å². The number of amides is 2. The van der Waals surface area contributed by atoms with Gasteiger partial charge in [-0.2, -0.15) is 0 Å². The highest BCUT2D eigenvalue weighted by atomic mass is 19.1. The van der Waals surface area contributed by atoms with Gasteiger partial charge >= 0.3 is 12.0 Å². The molecule has 0 bridgehead atoms. The third-order valence-electron chi connectivity index (χ3n) is 4.83. The fourth-order valence-corrected chi connectivity index (χ4v) is 3.24. The number of carbonyl (C=O) groups excluding carboxylic acids is 2. The molecule has 0 aliphatic rings. The van der Waals surface area contributed by atoms with Crippen molar-refractivity contribution in [3.05, 3.63) is 90.0 Å². The number of para-hydroxylation sites is 1. The molecule has 0 spiro atoms. The molecule has 0 atom stereocenters. The van der Waals surface area contributed by atoms with Crippen LogP contribution < -0.4 is 15.4 Å². The summed E-state index contributed by atoms with van der Waals surface area (Å²) >= 11 is 0. The van der Waals surface area contributed by atoms with E-state index in [1.54, 1.807) is 30.3 Å². The molecular formula is C25H21FN4O4. The van der Waals surface area contributed by atoms with Crippen LogP contribution in [0.25, 0.3) is 11.4 Å². The number of urea groups is 1. The van der Waals surface area contributed by atoms with Gasteiger partial charge in [0.25, 0.3) is 0 Å². The molecule has 3 N–H and O–H groups in total. The summed E-state index contributed by atoms with van der Waals surface area (Å²) in [5, 5.41) is 5.18. The van der Waals surface area contributed by atoms with E-state index < -0.39 is 17.8 Å². The first-order chi connectivity index (χ1) is 16.4. The Balaban J connectivity index is 1.54. The Morgan fingerprint density at radius 1 is 1.03 bits per heavy atom. The lowest BCUT2D eigenvalue weighted by Crippen LogP contribution is -2.20. The van der Waals surface area contributed by atoms with Crippen LogP contribution in [0.3, 0.4) is 0 Å². The summed E-state index contributed by atoms with van der Waals surface area (Å²) in [5.74, 6) is -0.669. The van der Waals surface area contributed by atoms with Crippen LogP contribution in [-0.2, 0) is 4.74 Å². The molecule has 0 fully saturated rings. The van der Waals surface area contributed by atoms with Gasteiger partial charge in [-0.1, -0.05) is 18.2 Å². The molecule has 0 saturated carbocycles. The second kappa shape index (κ2) is 9.86. The van der Waals surface area contributed by atoms with Crippen molar-refractivity contribution in [3.8, 4) is 22.9 Å². The number of benzene rings is 2. The summed E-state index contributed by atoms with van der Waals surface area (Å²) in [6, 6.07) is 15.7. The van der Waals surface area contributed by atoms with Gasteiger partial charge in [0.1, 0.15) is 11.4 Å². The topological polar surface area (TPSA) is 105 Å². The number of hydrogen-bond donors (Lipinski definition) is 3. The molecule has 2 aromatic heterocycles. The maximum absolute atomic E-state index is 14.6. The third-order valence-corrected chi connectivity index (χ3v) is 4.83. The fraction of sp³-hybridized carbons (Fsp3) is 0.0800. The summed E-state index contributed by atoms with van der Waals surface area (Å²) in [6.45, 7) is 1.90. The molecule has 0 aliphatic carbocycles. The van der Waals surface area contributed by atoms with Crippen molar-refractivity contribution in [1.82, 2.24) is 9.97 Å². The number of aromatic amines is 1. The minimum Gasteiger partial charge on any atom is -0.465 e. The SMILES string of the molecule is COC(=O)c1c[nH]c(-c2cc(Oc3cccc(F)c3NC(=O)Nc3cccc(C)c3)ccn2)c1. The molecule has 8 nitrogen and oxygen atoms in total. The summed E-state index contributed by atoms with van der Waals surface area (Å²) in [6.07, 6.45) is 3.03. The first-order valence-electron chi connectivity index (χ1n) is 10.3. The van der Waals surface area contributed by atoms with Crippen LogP contribution in [0, 0.1) is 12.7 Å². The van der Waals surface area contributed by atoms with Crippen molar-refractivity contribution < 1.29 is 23.5 Å². The largest absolute Gasteiger partial charge is 0.465 e. The number of aromatic nitrogens is 2. The number of ether oxygens (including phenoxy) is 2. The van der Waals surface area contributed by atoms with Crippen LogP contribution >= 0.6 is 0 Å². The van der Waals surface area contributed by atoms with E-state index in [0.717, 1.165) is 5.56 Å². The van der Waals surface area contributed by atoms with Crippen LogP contribution in [-0.4, -0.2) is 29.1 Å². The quantitative estimate of drug-likeness (QED) is 0.318. The smallest absolute Gasteiger partial charge is 0.339 e. The van der Waals surface area contributed by atoms with Gasteiger partial charge in [-0.15, -0.1) is 0 Å². The highest BCUT2D eigenvalue weighted by Gasteiger charge is 2.15. The maximum Gasteiger partial charge on any atom is 0.339 e. The van der Waals surface area contributed by atoms with E-state index >= 15 is 0 Å². The molecule has 0 saturated heterocycles. The van der Waals surface area contributed by atoms with Crippen molar-refractivity contribution >= 4 is 23.4 Å². The Morgan fingerprint density at radius 2 is 1.85 bits per heavy atom. The highest BCUT2D eigenvalue weighted by molar-refractivity contribution is 6.00. The average Bonchev–Trinajstić information content (AvgIpc) is 3.31. The summed E-state index contributed by atoms with van der Waals surface area (Å²) in [5.41, 5.74) is 2.85. The van der Waals surface area contributed by atoms with Crippen LogP contribution in [0.1, 0.15) is 15.9 Å². The number of nitrogens with zero attached hydrogens (tertiary/aromatic N) is 1. The Hall–Kier alpha value is -4.66. The predicted molar refractivity (Wildman–Crippen MR) is 126 cm³/mol. The van der Waals surface area contributed by atoms with Crippen molar-refractivity contribution in [1.29, 1.82) is 0 Å². The molecule has 2 heterocycles. The zero-order chi connectivity index (χ0) is 24.1. The molecule has 9 heteroatoms. The van der Waals surface area contributed by atoms with Gasteiger partial charge in [-0.25, -0.2) is 14.0 Å². The highest BCUT2D eigenvalue weighted by Crippen LogP contribution is 2.33. The fourth-order valence-electron chi connectivity index (χ4n) is 3.24. The van der Waals surface area contributed by atoms with E-state index in [9.17, 15) is 14.0 Å². The lowest BCUT2D eigenvalue weighted by molar-refractivity contribution is 0.0601. The molecule has 34 heavy (non-hydrogen) atoms. The van der Waals surface area contributed by atoms with E-state index in [2.05, 4.69) is 20.6 Å². The average molecular weight is 460 g/mol. The molecule has 0 aliphatic heterocycles. The minimum absolute atomic E-state index is 0.110. The van der Waals surface area contributed by atoms with Crippen LogP contribution in [0.4, 0.5) is 20.6 Å². The van der Waals surface area contributed by atoms with Crippen molar-refractivity contribution in [3.63, 3.8) is 0 Å². The second-order valence-corrected chi connectivity index (χ2v) is 7.33. The first kappa shape index (κ1) is 22.5. The maximum atomic E-state index is 14.6. The lowest BCUT2D eigenvalue weighted by Gasteiger charge is -2.14. The van der Waals surface area contributed by atoms with E-state index in [-0.39, 0.29) is 11.4 Å². The third kappa shape index (κ3) is 5.21. The first-order valence-corrected chi connectivity index (χ1v) is 10.3. The Morgan fingerprint density at radius 3 is 2.65 bits per heavy atom. The second-order valence-electron chi connectivity index (χ2n) is 7.33. The van der Waals surface area contributed by atoms with Crippen LogP contribution in [0.15, 0.2) is 73.1 Å². The Labute approximate surface area is 194 Å². The molecule has 2 aromatic carbocycles. The molecule has 0 unspecified atom stereocenters. The van der Waals surface area contributed by atoms with Gasteiger partial charge < -0.3 is 25.1 Å². The van der Waals surface area contributed by atoms with E-state index in [1.807, 2.05) is 19.1 Å². The van der Waals surface area contributed by atoms with Crippen molar-refractivity contribution in [2.45, 2.75) is 6.92 Å². The molecule has 0 radical (unpaired) electrons. The molecule has 2 amide bonds. The Kier molecular flexibility index (Phi) is 6.54. The Bertz CT molecular complexity index is 1350. The normalized spacial score (nSPS) is 10.4. The number of aryl methyl sites for hydroxylation is 1. The van der Waals surface area contributed by atoms with Crippen molar-refractivity contribution in [2.75, 3.05) is 17.7 Å². The van der Waals surface area contributed by atoms with Crippen molar-refractivity contribution in [2.24, 2.45) is 0 Å². The van der Waals surface area contributed by atoms with Gasteiger partial charge in [0.2, 0.25) is 0 Å². The number of rotatable bonds is 6. The number of H-pyrrole nitrogens is 1. The molecule has 4 aromatic rings. The van der Waals surface area contributed by atoms with Gasteiger partial charge in [0.15, 0.2) is 11.6 Å². The van der Waals surface area contributed by atoms with Gasteiger partial charge in [-0.3, -0.25) is 4.98 Å². The number of nitrogens with one attached hydrogen (secondary N) is 3. The standard InChI is InChI=1S/C25H21FN4O4/c1-15-5-3-6-17(11-15)29-25(32)30-23-19(26)7-4-8-22(23)34-18-9-10-27-21(13-18)20-12-16(14-28-20)24(31)33-2/h3-14,28H,1-2H3,(H2,29,30,32). The lowest BCUT2D eigenvalue weighted by atomic mass is 10.2. The van der Waals surface area contributed by atoms with Gasteiger partial charge in [0, 0.05) is 24.1 Å². The number of esters is 1. The monoisotopic (exact) mass is 460 g/mol. The number of pyridine rings is 1. The predicted octanol–water partition coefficient (Wildman–Crippen LogP) is 5.75. The number of carbonyl (C=O) groups is 2. The number of halogens is 1. The summed E-state index contributed by atoms with van der Waals surface area (Å²) in [4.78, 5) is 31.4. The molecule has 4 rings (SSSR count). The van der Waals surface area contributed by atoms with Crippen LogP contribution in [0.2, 0.25) is 0 Å². The van der Waals surface area contributed by atoms with E-state index in [0.29, 0.717) is 28.4 Å². The summed E-state index contributed by atoms with van der Waals surface area (Å²) < 4.78 is 25.2. The number of methoxy groups -OCH3 is 1. The van der Waals surface area contributed by atoms with Gasteiger partial charge in [-0.05, 0) is 48.9 Å². The minimum atomic E-state index is -0.654.